The van der Waals surface area contributed by atoms with Gasteiger partial charge < -0.3 is 4.74 Å². The molecule has 1 heterocycles. The van der Waals surface area contributed by atoms with Gasteiger partial charge in [-0.1, -0.05) is 18.2 Å². The van der Waals surface area contributed by atoms with E-state index < -0.39 is 0 Å². The molecule has 1 saturated heterocycles. The molecule has 3 nitrogen and oxygen atoms in total. The largest absolute Gasteiger partial charge is 0.489 e. The first kappa shape index (κ1) is 12.2. The van der Waals surface area contributed by atoms with E-state index in [9.17, 15) is 4.79 Å². The molecule has 2 rings (SSSR count). The van der Waals surface area contributed by atoms with E-state index in [1.807, 2.05) is 36.0 Å². The van der Waals surface area contributed by atoms with Crippen LogP contribution in [0.2, 0.25) is 0 Å². The fraction of sp³-hybridized carbons (Fsp3) is 0.462. The molecule has 0 N–H and O–H groups in total. The summed E-state index contributed by atoms with van der Waals surface area (Å²) < 4.78 is 5.97. The minimum absolute atomic E-state index is 0.287. The summed E-state index contributed by atoms with van der Waals surface area (Å²) in [7, 11) is 0. The molecule has 17 heavy (non-hydrogen) atoms. The maximum atomic E-state index is 10.1. The molecule has 0 aliphatic carbocycles. The van der Waals surface area contributed by atoms with Gasteiger partial charge in [-0.3, -0.25) is 0 Å². The molecule has 1 aromatic carbocycles. The van der Waals surface area contributed by atoms with Gasteiger partial charge in [0.05, 0.1) is 6.54 Å². The zero-order chi connectivity index (χ0) is 11.9. The second-order valence-corrected chi connectivity index (χ2v) is 5.12. The van der Waals surface area contributed by atoms with Crippen LogP contribution >= 0.6 is 11.8 Å². The van der Waals surface area contributed by atoms with Crippen molar-refractivity contribution in [2.24, 2.45) is 4.99 Å². The number of para-hydroxylation sites is 1. The van der Waals surface area contributed by atoms with E-state index in [4.69, 9.17) is 4.74 Å². The third-order valence-electron chi connectivity index (χ3n) is 2.70. The minimum Gasteiger partial charge on any atom is -0.489 e. The van der Waals surface area contributed by atoms with Crippen molar-refractivity contribution in [1.82, 2.24) is 0 Å². The molecule has 0 aromatic heterocycles. The lowest BCUT2D eigenvalue weighted by Crippen LogP contribution is -2.23. The number of carbonyl (C=O) groups excluding carboxylic acids is 1. The highest BCUT2D eigenvalue weighted by molar-refractivity contribution is 7.99. The van der Waals surface area contributed by atoms with Crippen LogP contribution in [0.25, 0.3) is 0 Å². The topological polar surface area (TPSA) is 38.7 Å². The highest BCUT2D eigenvalue weighted by atomic mass is 32.2. The maximum absolute atomic E-state index is 10.1. The SMILES string of the molecule is O=C=NCc1ccccc1OC1CCCSC1. The van der Waals surface area contributed by atoms with Gasteiger partial charge in [0.1, 0.15) is 11.9 Å². The molecule has 1 aliphatic rings. The van der Waals surface area contributed by atoms with Gasteiger partial charge in [-0.05, 0) is 24.7 Å². The fourth-order valence-corrected chi connectivity index (χ4v) is 2.89. The summed E-state index contributed by atoms with van der Waals surface area (Å²) in [6.45, 7) is 0.347. The molecule has 0 saturated carbocycles. The number of benzene rings is 1. The van der Waals surface area contributed by atoms with E-state index >= 15 is 0 Å². The smallest absolute Gasteiger partial charge is 0.235 e. The van der Waals surface area contributed by atoms with Crippen molar-refractivity contribution in [2.45, 2.75) is 25.5 Å². The molecule has 1 fully saturated rings. The van der Waals surface area contributed by atoms with Crippen LogP contribution in [0.1, 0.15) is 18.4 Å². The first-order chi connectivity index (χ1) is 8.40. The normalized spacial score (nSPS) is 19.4. The van der Waals surface area contributed by atoms with Crippen LogP contribution in [0.5, 0.6) is 5.75 Å². The number of thioether (sulfide) groups is 1. The Morgan fingerprint density at radius 3 is 3.12 bits per heavy atom. The summed E-state index contributed by atoms with van der Waals surface area (Å²) in [4.78, 5) is 13.7. The molecule has 90 valence electrons. The zero-order valence-electron chi connectivity index (χ0n) is 9.59. The summed E-state index contributed by atoms with van der Waals surface area (Å²) in [5.41, 5.74) is 0.950. The summed E-state index contributed by atoms with van der Waals surface area (Å²) in [5.74, 6) is 3.13. The number of ether oxygens (including phenoxy) is 1. The van der Waals surface area contributed by atoms with Crippen LogP contribution in [0.3, 0.4) is 0 Å². The molecule has 1 aliphatic heterocycles. The summed E-state index contributed by atoms with van der Waals surface area (Å²) >= 11 is 1.94. The van der Waals surface area contributed by atoms with Gasteiger partial charge in [-0.2, -0.15) is 11.8 Å². The number of aliphatic imine (C=N–C) groups is 1. The van der Waals surface area contributed by atoms with Gasteiger partial charge in [0.25, 0.3) is 0 Å². The number of isocyanates is 1. The summed E-state index contributed by atoms with van der Waals surface area (Å²) in [5, 5.41) is 0. The van der Waals surface area contributed by atoms with E-state index in [0.717, 1.165) is 23.5 Å². The standard InChI is InChI=1S/C13H15NO2S/c15-10-14-8-11-4-1-2-6-13(11)16-12-5-3-7-17-9-12/h1-2,4,6,12H,3,5,7-9H2. The van der Waals surface area contributed by atoms with E-state index in [1.165, 1.54) is 12.2 Å². The molecule has 0 amide bonds. The molecule has 4 heteroatoms. The van der Waals surface area contributed by atoms with Crippen molar-refractivity contribution in [3.63, 3.8) is 0 Å². The number of nitrogens with zero attached hydrogens (tertiary/aromatic N) is 1. The van der Waals surface area contributed by atoms with Crippen molar-refractivity contribution in [1.29, 1.82) is 0 Å². The molecule has 0 radical (unpaired) electrons. The van der Waals surface area contributed by atoms with Crippen molar-refractivity contribution in [3.8, 4) is 5.75 Å². The monoisotopic (exact) mass is 249 g/mol. The van der Waals surface area contributed by atoms with E-state index in [2.05, 4.69) is 4.99 Å². The first-order valence-electron chi connectivity index (χ1n) is 5.76. The molecular weight excluding hydrogens is 234 g/mol. The maximum Gasteiger partial charge on any atom is 0.235 e. The molecule has 1 atom stereocenters. The Labute approximate surface area is 105 Å². The summed E-state index contributed by atoms with van der Waals surface area (Å²) in [6, 6.07) is 7.75. The van der Waals surface area contributed by atoms with Gasteiger partial charge in [0, 0.05) is 11.3 Å². The number of hydrogen-bond donors (Lipinski definition) is 0. The fourth-order valence-electron chi connectivity index (χ4n) is 1.85. The minimum atomic E-state index is 0.287. The van der Waals surface area contributed by atoms with E-state index in [1.54, 1.807) is 6.08 Å². The Morgan fingerprint density at radius 1 is 1.47 bits per heavy atom. The number of rotatable bonds is 4. The van der Waals surface area contributed by atoms with Crippen LogP contribution in [0.4, 0.5) is 0 Å². The van der Waals surface area contributed by atoms with Crippen LogP contribution in [-0.2, 0) is 11.3 Å². The molecule has 1 unspecified atom stereocenters. The van der Waals surface area contributed by atoms with E-state index in [-0.39, 0.29) is 6.10 Å². The highest BCUT2D eigenvalue weighted by Crippen LogP contribution is 2.25. The Kier molecular flexibility index (Phi) is 4.65. The van der Waals surface area contributed by atoms with Crippen LogP contribution in [-0.4, -0.2) is 23.7 Å². The van der Waals surface area contributed by atoms with Crippen molar-refractivity contribution in [3.05, 3.63) is 29.8 Å². The third-order valence-corrected chi connectivity index (χ3v) is 3.88. The number of hydrogen-bond acceptors (Lipinski definition) is 4. The quantitative estimate of drug-likeness (QED) is 0.608. The predicted octanol–water partition coefficient (Wildman–Crippen LogP) is 2.80. The predicted molar refractivity (Wildman–Crippen MR) is 69.2 cm³/mol. The van der Waals surface area contributed by atoms with Crippen LogP contribution < -0.4 is 4.74 Å². The third kappa shape index (κ3) is 3.62. The van der Waals surface area contributed by atoms with Gasteiger partial charge in [0.15, 0.2) is 0 Å². The molecule has 0 bridgehead atoms. The highest BCUT2D eigenvalue weighted by Gasteiger charge is 2.16. The van der Waals surface area contributed by atoms with Crippen molar-refractivity contribution < 1.29 is 9.53 Å². The first-order valence-corrected chi connectivity index (χ1v) is 6.91. The lowest BCUT2D eigenvalue weighted by atomic mass is 10.2. The molecular formula is C13H15NO2S. The Hall–Kier alpha value is -1.25. The molecule has 0 spiro atoms. The Balaban J connectivity index is 2.05. The second kappa shape index (κ2) is 6.48. The van der Waals surface area contributed by atoms with Gasteiger partial charge in [0.2, 0.25) is 6.08 Å². The van der Waals surface area contributed by atoms with Crippen molar-refractivity contribution >= 4 is 17.8 Å². The molecule has 1 aromatic rings. The average molecular weight is 249 g/mol. The lowest BCUT2D eigenvalue weighted by Gasteiger charge is -2.23. The summed E-state index contributed by atoms with van der Waals surface area (Å²) in [6.07, 6.45) is 4.17. The van der Waals surface area contributed by atoms with Gasteiger partial charge in [-0.15, -0.1) is 0 Å². The van der Waals surface area contributed by atoms with Gasteiger partial charge >= 0.3 is 0 Å². The lowest BCUT2D eigenvalue weighted by molar-refractivity contribution is 0.209. The second-order valence-electron chi connectivity index (χ2n) is 3.97. The van der Waals surface area contributed by atoms with Gasteiger partial charge in [-0.25, -0.2) is 9.79 Å². The van der Waals surface area contributed by atoms with Crippen molar-refractivity contribution in [2.75, 3.05) is 11.5 Å². The Morgan fingerprint density at radius 2 is 2.35 bits per heavy atom. The Bertz CT molecular complexity index is 410. The average Bonchev–Trinajstić information content (AvgIpc) is 2.39. The zero-order valence-corrected chi connectivity index (χ0v) is 10.4. The van der Waals surface area contributed by atoms with E-state index in [0.29, 0.717) is 6.54 Å². The van der Waals surface area contributed by atoms with Crippen LogP contribution in [0.15, 0.2) is 29.3 Å². The van der Waals surface area contributed by atoms with Crippen LogP contribution in [0, 0.1) is 0 Å².